The van der Waals surface area contributed by atoms with Crippen molar-refractivity contribution in [3.8, 4) is 0 Å². The van der Waals surface area contributed by atoms with Crippen molar-refractivity contribution in [3.63, 3.8) is 0 Å². The topological polar surface area (TPSA) is 12.9 Å². The van der Waals surface area contributed by atoms with Crippen LogP contribution < -0.4 is 0 Å². The minimum Gasteiger partial charge on any atom is -0.247 e. The van der Waals surface area contributed by atoms with Crippen LogP contribution in [0.25, 0.3) is 21.8 Å². The number of aromatic nitrogens is 1. The summed E-state index contributed by atoms with van der Waals surface area (Å²) >= 11 is 0. The molecule has 174 valence electrons. The molecule has 0 aliphatic rings. The summed E-state index contributed by atoms with van der Waals surface area (Å²) in [6, 6.07) is 15.6. The summed E-state index contributed by atoms with van der Waals surface area (Å²) in [5.41, 5.74) is 5.01. The fourth-order valence-corrected chi connectivity index (χ4v) is 8.92. The summed E-state index contributed by atoms with van der Waals surface area (Å²) in [6.07, 6.45) is 7.63. The van der Waals surface area contributed by atoms with Crippen molar-refractivity contribution >= 4 is 37.6 Å². The Kier molecular flexibility index (Phi) is 9.43. The quantitative estimate of drug-likeness (QED) is 0.187. The van der Waals surface area contributed by atoms with Crippen molar-refractivity contribution in [3.05, 3.63) is 89.3 Å². The molecule has 3 aromatic rings. The van der Waals surface area contributed by atoms with Crippen molar-refractivity contribution in [1.82, 2.24) is 4.98 Å². The monoisotopic (exact) mass is 475 g/mol. The zero-order chi connectivity index (χ0) is 24.0. The maximum atomic E-state index is 5.33. The Hall–Kier alpha value is -1.81. The van der Waals surface area contributed by atoms with Crippen molar-refractivity contribution in [2.24, 2.45) is 0 Å². The average molecular weight is 476 g/mol. The van der Waals surface area contributed by atoms with Gasteiger partial charge >= 0.3 is 0 Å². The summed E-state index contributed by atoms with van der Waals surface area (Å²) in [6.45, 7) is 22.1. The second-order valence-electron chi connectivity index (χ2n) is 8.73. The van der Waals surface area contributed by atoms with Gasteiger partial charge in [0.1, 0.15) is 0 Å². The normalized spacial score (nSPS) is 12.4. The maximum Gasteiger partial charge on any atom is 0.0745 e. The first-order valence-electron chi connectivity index (χ1n) is 12.3. The van der Waals surface area contributed by atoms with Crippen LogP contribution in [0.1, 0.15) is 64.5 Å². The highest BCUT2D eigenvalue weighted by molar-refractivity contribution is 7.65. The third kappa shape index (κ3) is 6.01. The zero-order valence-electron chi connectivity index (χ0n) is 21.0. The van der Waals surface area contributed by atoms with Crippen molar-refractivity contribution in [2.45, 2.75) is 65.7 Å². The smallest absolute Gasteiger partial charge is 0.0745 e. The number of rotatable bonds is 12. The average Bonchev–Trinajstić information content (AvgIpc) is 2.84. The van der Waals surface area contributed by atoms with E-state index >= 15 is 0 Å². The van der Waals surface area contributed by atoms with E-state index in [2.05, 4.69) is 89.9 Å². The second-order valence-corrected chi connectivity index (χ2v) is 13.6. The van der Waals surface area contributed by atoms with Crippen LogP contribution in [0, 0.1) is 0 Å². The van der Waals surface area contributed by atoms with Gasteiger partial charge in [0.15, 0.2) is 0 Å². The van der Waals surface area contributed by atoms with E-state index < -0.39 is 7.92 Å². The van der Waals surface area contributed by atoms with Crippen LogP contribution in [0.2, 0.25) is 0 Å². The van der Waals surface area contributed by atoms with Gasteiger partial charge in [-0.15, -0.1) is 0 Å². The minimum atomic E-state index is -0.451. The Bertz CT molecular complexity index is 1140. The second kappa shape index (κ2) is 12.1. The number of allylic oxidation sites excluding steroid dienone is 3. The van der Waals surface area contributed by atoms with E-state index in [-0.39, 0.29) is 7.92 Å². The largest absolute Gasteiger partial charge is 0.247 e. The van der Waals surface area contributed by atoms with E-state index in [4.69, 9.17) is 4.98 Å². The molecule has 1 atom stereocenters. The molecule has 0 aliphatic carbocycles. The van der Waals surface area contributed by atoms with Gasteiger partial charge in [-0.25, -0.2) is 4.98 Å². The lowest BCUT2D eigenvalue weighted by Crippen LogP contribution is -1.97. The van der Waals surface area contributed by atoms with Crippen LogP contribution in [0.4, 0.5) is 0 Å². The van der Waals surface area contributed by atoms with E-state index in [1.54, 1.807) is 0 Å². The fourth-order valence-electron chi connectivity index (χ4n) is 4.31. The highest BCUT2D eigenvalue weighted by Gasteiger charge is 2.18. The van der Waals surface area contributed by atoms with Crippen LogP contribution in [0.5, 0.6) is 0 Å². The van der Waals surface area contributed by atoms with Crippen molar-refractivity contribution in [2.75, 3.05) is 6.16 Å². The van der Waals surface area contributed by atoms with Gasteiger partial charge in [-0.2, -0.15) is 0 Å². The molecule has 0 saturated carbocycles. The first kappa shape index (κ1) is 25.8. The summed E-state index contributed by atoms with van der Waals surface area (Å²) in [7, 11) is -0.663. The van der Waals surface area contributed by atoms with Crippen molar-refractivity contribution < 1.29 is 0 Å². The number of nitrogens with zero attached hydrogens (tertiary/aromatic N) is 1. The molecule has 1 nitrogen and oxygen atoms in total. The van der Waals surface area contributed by atoms with E-state index in [1.807, 2.05) is 0 Å². The SMILES string of the molecule is C=C(CC)P(CCC)Cc1cccc2cc3cccc(CP(C(=C)CC)C(=C)CC)c3nc12. The molecule has 0 radical (unpaired) electrons. The molecular formula is C30H39NP2. The van der Waals surface area contributed by atoms with Crippen LogP contribution in [0.15, 0.2) is 78.1 Å². The van der Waals surface area contributed by atoms with Gasteiger partial charge in [0.05, 0.1) is 11.0 Å². The van der Waals surface area contributed by atoms with Gasteiger partial charge < -0.3 is 0 Å². The number of benzene rings is 2. The maximum absolute atomic E-state index is 5.33. The van der Waals surface area contributed by atoms with Crippen molar-refractivity contribution in [1.29, 1.82) is 0 Å². The van der Waals surface area contributed by atoms with Crippen LogP contribution in [-0.4, -0.2) is 11.1 Å². The molecule has 0 amide bonds. The van der Waals surface area contributed by atoms with Gasteiger partial charge in [-0.1, -0.05) is 103 Å². The predicted octanol–water partition coefficient (Wildman–Crippen LogP) is 10.5. The van der Waals surface area contributed by atoms with E-state index in [0.29, 0.717) is 0 Å². The molecule has 0 fully saturated rings. The van der Waals surface area contributed by atoms with E-state index in [0.717, 1.165) is 42.6 Å². The summed E-state index contributed by atoms with van der Waals surface area (Å²) in [5.74, 6) is 0. The Morgan fingerprint density at radius 1 is 0.727 bits per heavy atom. The lowest BCUT2D eigenvalue weighted by Gasteiger charge is -2.22. The first-order chi connectivity index (χ1) is 15.9. The fraction of sp³-hybridized carbons (Fsp3) is 0.367. The van der Waals surface area contributed by atoms with Crippen LogP contribution in [0.3, 0.4) is 0 Å². The highest BCUT2D eigenvalue weighted by atomic mass is 31.1. The van der Waals surface area contributed by atoms with Crippen LogP contribution >= 0.6 is 15.8 Å². The van der Waals surface area contributed by atoms with Gasteiger partial charge in [0.25, 0.3) is 0 Å². The third-order valence-electron chi connectivity index (χ3n) is 6.45. The number of para-hydroxylation sites is 2. The number of fused-ring (bicyclic) bond motifs is 2. The molecule has 0 aliphatic heterocycles. The lowest BCUT2D eigenvalue weighted by atomic mass is 10.1. The molecule has 2 aromatic carbocycles. The van der Waals surface area contributed by atoms with Gasteiger partial charge in [0, 0.05) is 16.9 Å². The standard InChI is InChI=1S/C30H39NP2/c1-8-18-32(22(5)9-2)20-27-16-12-14-25-19-26-15-13-17-28(30(26)31-29(25)27)21-33(23(6)10-3)24(7)11-4/h12-17,19H,5-11,18,20-21H2,1-4H3. The summed E-state index contributed by atoms with van der Waals surface area (Å²) in [4.78, 5) is 5.33. The molecular weight excluding hydrogens is 436 g/mol. The molecule has 0 saturated heterocycles. The number of hydrogen-bond donors (Lipinski definition) is 0. The molecule has 3 rings (SSSR count). The van der Waals surface area contributed by atoms with E-state index in [9.17, 15) is 0 Å². The number of pyridine rings is 1. The minimum absolute atomic E-state index is 0.213. The van der Waals surface area contributed by atoms with Crippen LogP contribution in [-0.2, 0) is 12.3 Å². The van der Waals surface area contributed by atoms with Gasteiger partial charge in [-0.05, 0) is 67.3 Å². The molecule has 1 aromatic heterocycles. The Balaban J connectivity index is 2.10. The van der Waals surface area contributed by atoms with Gasteiger partial charge in [-0.3, -0.25) is 0 Å². The summed E-state index contributed by atoms with van der Waals surface area (Å²) < 4.78 is 0. The molecule has 3 heteroatoms. The zero-order valence-corrected chi connectivity index (χ0v) is 22.7. The Morgan fingerprint density at radius 3 is 1.73 bits per heavy atom. The highest BCUT2D eigenvalue weighted by Crippen LogP contribution is 2.56. The molecule has 0 spiro atoms. The lowest BCUT2D eigenvalue weighted by molar-refractivity contribution is 1.08. The van der Waals surface area contributed by atoms with Gasteiger partial charge in [0.2, 0.25) is 0 Å². The first-order valence-corrected chi connectivity index (χ1v) is 15.5. The summed E-state index contributed by atoms with van der Waals surface area (Å²) in [5, 5.41) is 6.55. The molecule has 0 bridgehead atoms. The molecule has 0 N–H and O–H groups in total. The predicted molar refractivity (Wildman–Crippen MR) is 154 cm³/mol. The molecule has 33 heavy (non-hydrogen) atoms. The molecule has 1 unspecified atom stereocenters. The molecule has 1 heterocycles. The number of hydrogen-bond acceptors (Lipinski definition) is 1. The Labute approximate surface area is 203 Å². The third-order valence-corrected chi connectivity index (χ3v) is 12.2. The van der Waals surface area contributed by atoms with E-state index in [1.165, 1.54) is 50.4 Å². The Morgan fingerprint density at radius 2 is 1.24 bits per heavy atom.